The number of carbonyl (C=O) groups excluding carboxylic acids is 2. The second-order valence-electron chi connectivity index (χ2n) is 10.1. The highest BCUT2D eigenvalue weighted by Gasteiger charge is 2.53. The number of nitrogens with zero attached hydrogens (tertiary/aromatic N) is 1. The number of fused-ring (bicyclic) bond motifs is 1. The van der Waals surface area contributed by atoms with E-state index in [2.05, 4.69) is 6.92 Å². The molecule has 5 atom stereocenters. The van der Waals surface area contributed by atoms with Crippen LogP contribution in [0.25, 0.3) is 0 Å². The Bertz CT molecular complexity index is 879. The maximum absolute atomic E-state index is 14.9. The standard InChI is InChI=1S/C24H30FNO3/c1-13-8-17-6-7-24(17,11-13)12-29-21-10-20(25)19(9-18(21)16-4-5-16)23(28)26-15(3)14(2)22(26)27/h9-10,13-17H,4-8,11-12H2,1-3H3/t13?,14-,15?,17?,24?/m0/s1. The van der Waals surface area contributed by atoms with E-state index in [-0.39, 0.29) is 28.8 Å². The number of amides is 2. The second-order valence-corrected chi connectivity index (χ2v) is 10.1. The summed E-state index contributed by atoms with van der Waals surface area (Å²) in [7, 11) is 0. The minimum atomic E-state index is -0.587. The molecule has 1 aromatic carbocycles. The summed E-state index contributed by atoms with van der Waals surface area (Å²) in [6.45, 7) is 6.59. The number of hydrogen-bond donors (Lipinski definition) is 0. The van der Waals surface area contributed by atoms with Gasteiger partial charge < -0.3 is 4.74 Å². The molecule has 29 heavy (non-hydrogen) atoms. The maximum Gasteiger partial charge on any atom is 0.263 e. The Morgan fingerprint density at radius 1 is 1.24 bits per heavy atom. The van der Waals surface area contributed by atoms with Gasteiger partial charge in [-0.3, -0.25) is 14.5 Å². The van der Waals surface area contributed by atoms with E-state index in [0.29, 0.717) is 18.3 Å². The number of rotatable bonds is 5. The summed E-state index contributed by atoms with van der Waals surface area (Å²) in [6.07, 6.45) is 7.04. The smallest absolute Gasteiger partial charge is 0.263 e. The number of imide groups is 1. The van der Waals surface area contributed by atoms with Crippen molar-refractivity contribution in [3.8, 4) is 5.75 Å². The fourth-order valence-corrected chi connectivity index (χ4v) is 5.88. The van der Waals surface area contributed by atoms with E-state index in [1.54, 1.807) is 13.0 Å². The molecule has 4 unspecified atom stereocenters. The number of carbonyl (C=O) groups is 2. The van der Waals surface area contributed by atoms with E-state index < -0.39 is 11.7 Å². The molecule has 0 spiro atoms. The molecule has 0 aromatic heterocycles. The predicted molar refractivity (Wildman–Crippen MR) is 107 cm³/mol. The molecular weight excluding hydrogens is 369 g/mol. The van der Waals surface area contributed by atoms with Crippen molar-refractivity contribution in [1.82, 2.24) is 4.90 Å². The number of halogens is 1. The zero-order chi connectivity index (χ0) is 20.5. The van der Waals surface area contributed by atoms with Crippen LogP contribution in [0.5, 0.6) is 5.75 Å². The van der Waals surface area contributed by atoms with Gasteiger partial charge in [0.2, 0.25) is 5.91 Å². The van der Waals surface area contributed by atoms with Gasteiger partial charge in [-0.15, -0.1) is 0 Å². The Morgan fingerprint density at radius 3 is 2.59 bits per heavy atom. The van der Waals surface area contributed by atoms with Crippen molar-refractivity contribution in [2.75, 3.05) is 6.61 Å². The van der Waals surface area contributed by atoms with Gasteiger partial charge in [-0.05, 0) is 74.8 Å². The monoisotopic (exact) mass is 399 g/mol. The van der Waals surface area contributed by atoms with Crippen molar-refractivity contribution in [1.29, 1.82) is 0 Å². The highest BCUT2D eigenvalue weighted by Crippen LogP contribution is 2.59. The molecule has 3 saturated carbocycles. The summed E-state index contributed by atoms with van der Waals surface area (Å²) in [4.78, 5) is 26.1. The Kier molecular flexibility index (Phi) is 4.31. The van der Waals surface area contributed by atoms with Crippen LogP contribution in [0.1, 0.15) is 81.1 Å². The van der Waals surface area contributed by atoms with Crippen LogP contribution in [-0.4, -0.2) is 29.4 Å². The van der Waals surface area contributed by atoms with Crippen molar-refractivity contribution >= 4 is 11.8 Å². The van der Waals surface area contributed by atoms with Gasteiger partial charge in [0.1, 0.15) is 11.6 Å². The minimum absolute atomic E-state index is 0.000484. The molecule has 1 aliphatic heterocycles. The van der Waals surface area contributed by atoms with E-state index in [1.807, 2.05) is 6.92 Å². The van der Waals surface area contributed by atoms with Gasteiger partial charge in [0.05, 0.1) is 18.1 Å². The molecule has 4 aliphatic rings. The predicted octanol–water partition coefficient (Wildman–Crippen LogP) is 4.92. The Labute approximate surface area is 171 Å². The van der Waals surface area contributed by atoms with Crippen LogP contribution in [0.3, 0.4) is 0 Å². The third-order valence-corrected chi connectivity index (χ3v) is 8.14. The van der Waals surface area contributed by atoms with E-state index in [9.17, 15) is 14.0 Å². The van der Waals surface area contributed by atoms with Gasteiger partial charge in [0, 0.05) is 17.5 Å². The largest absolute Gasteiger partial charge is 0.493 e. The number of hydrogen-bond acceptors (Lipinski definition) is 3. The van der Waals surface area contributed by atoms with E-state index >= 15 is 0 Å². The Hall–Kier alpha value is -1.91. The quantitative estimate of drug-likeness (QED) is 0.522. The van der Waals surface area contributed by atoms with Crippen molar-refractivity contribution in [3.63, 3.8) is 0 Å². The molecule has 2 amide bonds. The lowest BCUT2D eigenvalue weighted by atomic mass is 9.62. The normalized spacial score (nSPS) is 35.7. The van der Waals surface area contributed by atoms with E-state index in [4.69, 9.17) is 4.74 Å². The average molecular weight is 400 g/mol. The van der Waals surface area contributed by atoms with Crippen LogP contribution in [0.4, 0.5) is 4.39 Å². The maximum atomic E-state index is 14.9. The molecule has 1 heterocycles. The molecular formula is C24H30FNO3. The third-order valence-electron chi connectivity index (χ3n) is 8.14. The first-order valence-corrected chi connectivity index (χ1v) is 11.1. The van der Waals surface area contributed by atoms with E-state index in [0.717, 1.165) is 30.2 Å². The third kappa shape index (κ3) is 2.91. The van der Waals surface area contributed by atoms with Crippen LogP contribution >= 0.6 is 0 Å². The van der Waals surface area contributed by atoms with Gasteiger partial charge in [-0.25, -0.2) is 4.39 Å². The summed E-state index contributed by atoms with van der Waals surface area (Å²) in [6, 6.07) is 2.86. The zero-order valence-corrected chi connectivity index (χ0v) is 17.5. The van der Waals surface area contributed by atoms with Crippen LogP contribution in [0.15, 0.2) is 12.1 Å². The lowest BCUT2D eigenvalue weighted by Crippen LogP contribution is -2.60. The van der Waals surface area contributed by atoms with Crippen LogP contribution in [0, 0.1) is 29.0 Å². The average Bonchev–Trinajstić information content (AvgIpc) is 3.50. The lowest BCUT2D eigenvalue weighted by molar-refractivity contribution is -0.148. The van der Waals surface area contributed by atoms with Crippen molar-refractivity contribution in [3.05, 3.63) is 29.1 Å². The second kappa shape index (κ2) is 6.55. The lowest BCUT2D eigenvalue weighted by Gasteiger charge is -2.45. The van der Waals surface area contributed by atoms with Crippen molar-refractivity contribution in [2.24, 2.45) is 23.2 Å². The molecule has 1 saturated heterocycles. The fraction of sp³-hybridized carbons (Fsp3) is 0.667. The molecule has 3 aliphatic carbocycles. The summed E-state index contributed by atoms with van der Waals surface area (Å²) in [5, 5.41) is 0. The first kappa shape index (κ1) is 19.1. The molecule has 0 radical (unpaired) electrons. The summed E-state index contributed by atoms with van der Waals surface area (Å²) >= 11 is 0. The molecule has 5 rings (SSSR count). The fourth-order valence-electron chi connectivity index (χ4n) is 5.88. The van der Waals surface area contributed by atoms with Crippen LogP contribution < -0.4 is 4.74 Å². The van der Waals surface area contributed by atoms with Gasteiger partial charge in [-0.1, -0.05) is 13.8 Å². The van der Waals surface area contributed by atoms with Crippen LogP contribution in [0.2, 0.25) is 0 Å². The highest BCUT2D eigenvalue weighted by atomic mass is 19.1. The van der Waals surface area contributed by atoms with E-state index in [1.165, 1.54) is 36.6 Å². The zero-order valence-electron chi connectivity index (χ0n) is 17.5. The molecule has 1 aromatic rings. The first-order valence-electron chi connectivity index (χ1n) is 11.1. The highest BCUT2D eigenvalue weighted by molar-refractivity contribution is 6.09. The number of likely N-dealkylation sites (tertiary alicyclic amines) is 1. The molecule has 0 N–H and O–H groups in total. The van der Waals surface area contributed by atoms with Gasteiger partial charge >= 0.3 is 0 Å². The van der Waals surface area contributed by atoms with Gasteiger partial charge in [0.25, 0.3) is 5.91 Å². The Morgan fingerprint density at radius 2 is 2.00 bits per heavy atom. The van der Waals surface area contributed by atoms with Crippen LogP contribution in [-0.2, 0) is 4.79 Å². The van der Waals surface area contributed by atoms with Gasteiger partial charge in [0.15, 0.2) is 0 Å². The molecule has 0 bridgehead atoms. The Balaban J connectivity index is 1.39. The topological polar surface area (TPSA) is 46.6 Å². The molecule has 4 nitrogen and oxygen atoms in total. The number of benzene rings is 1. The summed E-state index contributed by atoms with van der Waals surface area (Å²) in [5.74, 6) is 0.898. The summed E-state index contributed by atoms with van der Waals surface area (Å²) in [5.41, 5.74) is 1.20. The minimum Gasteiger partial charge on any atom is -0.493 e. The number of β-lactam (4-membered cyclic amide) rings is 1. The molecule has 4 fully saturated rings. The molecule has 5 heteroatoms. The summed E-state index contributed by atoms with van der Waals surface area (Å²) < 4.78 is 21.2. The SMILES string of the molecule is CC1CC2CCC2(COc2cc(F)c(C(=O)N3C(=O)[C@@H](C)C3C)cc2C2CC2)C1. The number of ether oxygens (including phenoxy) is 1. The van der Waals surface area contributed by atoms with Crippen molar-refractivity contribution < 1.29 is 18.7 Å². The van der Waals surface area contributed by atoms with Crippen molar-refractivity contribution in [2.45, 2.75) is 71.3 Å². The first-order chi connectivity index (χ1) is 13.8. The molecule has 156 valence electrons. The van der Waals surface area contributed by atoms with Gasteiger partial charge in [-0.2, -0.15) is 0 Å².